The van der Waals surface area contributed by atoms with Crippen LogP contribution in [0.25, 0.3) is 0 Å². The first-order valence-corrected chi connectivity index (χ1v) is 10.0. The minimum absolute atomic E-state index is 0.0701. The number of hydrogen-bond donors (Lipinski definition) is 1. The molecule has 3 heterocycles. The minimum Gasteiger partial charge on any atom is -0.337 e. The number of nitrogens with one attached hydrogen (secondary N) is 1. The Labute approximate surface area is 150 Å². The zero-order chi connectivity index (χ0) is 18.1. The molecule has 26 heavy (non-hydrogen) atoms. The number of hydrogen-bond acceptors (Lipinski definition) is 7. The number of aromatic nitrogens is 3. The third-order valence-corrected chi connectivity index (χ3v) is 6.00. The van der Waals surface area contributed by atoms with Gasteiger partial charge in [-0.05, 0) is 37.3 Å². The Balaban J connectivity index is 1.42. The van der Waals surface area contributed by atoms with Gasteiger partial charge in [0.2, 0.25) is 21.8 Å². The molecule has 1 saturated carbocycles. The van der Waals surface area contributed by atoms with Gasteiger partial charge in [-0.3, -0.25) is 9.78 Å². The predicted molar refractivity (Wildman–Crippen MR) is 89.0 cm³/mol. The second-order valence-corrected chi connectivity index (χ2v) is 8.37. The number of likely N-dealkylation sites (tertiary alicyclic amines) is 1. The zero-order valence-electron chi connectivity index (χ0n) is 14.0. The quantitative estimate of drug-likeness (QED) is 0.765. The third-order valence-electron chi connectivity index (χ3n) is 4.61. The van der Waals surface area contributed by atoms with Crippen LogP contribution in [0.2, 0.25) is 0 Å². The topological polar surface area (TPSA) is 118 Å². The highest BCUT2D eigenvalue weighted by atomic mass is 32.2. The summed E-state index contributed by atoms with van der Waals surface area (Å²) in [5.41, 5.74) is 0. The molecule has 0 bridgehead atoms. The molecule has 2 aromatic rings. The summed E-state index contributed by atoms with van der Waals surface area (Å²) >= 11 is 0. The predicted octanol–water partition coefficient (Wildman–Crippen LogP) is 1.02. The Hall–Kier alpha value is -2.33. The molecule has 9 nitrogen and oxygen atoms in total. The maximum atomic E-state index is 12.2. The number of carbonyl (C=O) groups excluding carboxylic acids is 1. The standard InChI is InChI=1S/C16H19N5O4S/c22-15-6-5-13(21(15)10-11-3-4-11)16-19-14(20-25-16)9-18-26(23,24)12-2-1-7-17-8-12/h1-2,7-8,11,13,18H,3-6,9-10H2/t13-/m0/s1. The van der Waals surface area contributed by atoms with E-state index in [4.69, 9.17) is 4.52 Å². The largest absolute Gasteiger partial charge is 0.337 e. The van der Waals surface area contributed by atoms with Crippen molar-refractivity contribution in [3.63, 3.8) is 0 Å². The van der Waals surface area contributed by atoms with Crippen LogP contribution in [0.5, 0.6) is 0 Å². The molecule has 1 amide bonds. The van der Waals surface area contributed by atoms with E-state index in [-0.39, 0.29) is 29.2 Å². The highest BCUT2D eigenvalue weighted by molar-refractivity contribution is 7.89. The molecule has 0 radical (unpaired) electrons. The second kappa shape index (κ2) is 6.76. The molecule has 2 aromatic heterocycles. The molecule has 138 valence electrons. The summed E-state index contributed by atoms with van der Waals surface area (Å²) in [7, 11) is -3.69. The number of amides is 1. The summed E-state index contributed by atoms with van der Waals surface area (Å²) in [5, 5.41) is 3.85. The number of sulfonamides is 1. The molecular weight excluding hydrogens is 358 g/mol. The first-order valence-electron chi connectivity index (χ1n) is 8.54. The summed E-state index contributed by atoms with van der Waals surface area (Å²) < 4.78 is 32.1. The SMILES string of the molecule is O=C1CC[C@@H](c2nc(CNS(=O)(=O)c3cccnc3)no2)N1CC1CC1. The van der Waals surface area contributed by atoms with Crippen molar-refractivity contribution in [1.29, 1.82) is 0 Å². The molecule has 1 atom stereocenters. The maximum absolute atomic E-state index is 12.2. The van der Waals surface area contributed by atoms with Crippen molar-refractivity contribution >= 4 is 15.9 Å². The molecule has 1 saturated heterocycles. The van der Waals surface area contributed by atoms with Crippen LogP contribution in [0.1, 0.15) is 43.4 Å². The van der Waals surface area contributed by atoms with Crippen LogP contribution in [0.3, 0.4) is 0 Å². The normalized spacial score (nSPS) is 20.7. The van der Waals surface area contributed by atoms with Crippen LogP contribution < -0.4 is 4.72 Å². The lowest BCUT2D eigenvalue weighted by Gasteiger charge is -2.21. The third kappa shape index (κ3) is 3.61. The molecule has 0 spiro atoms. The monoisotopic (exact) mass is 377 g/mol. The highest BCUT2D eigenvalue weighted by Gasteiger charge is 2.39. The lowest BCUT2D eigenvalue weighted by molar-refractivity contribution is -0.129. The number of nitrogens with zero attached hydrogens (tertiary/aromatic N) is 4. The van der Waals surface area contributed by atoms with Gasteiger partial charge in [-0.15, -0.1) is 0 Å². The Morgan fingerprint density at radius 3 is 2.88 bits per heavy atom. The van der Waals surface area contributed by atoms with Gasteiger partial charge in [0.15, 0.2) is 5.82 Å². The summed E-state index contributed by atoms with van der Waals surface area (Å²) in [6, 6.07) is 2.79. The van der Waals surface area contributed by atoms with Crippen LogP contribution in [0.4, 0.5) is 0 Å². The number of rotatable bonds is 7. The van der Waals surface area contributed by atoms with Gasteiger partial charge >= 0.3 is 0 Å². The van der Waals surface area contributed by atoms with Crippen molar-refractivity contribution in [2.75, 3.05) is 6.54 Å². The van der Waals surface area contributed by atoms with E-state index in [1.807, 2.05) is 4.90 Å². The molecule has 1 aliphatic carbocycles. The van der Waals surface area contributed by atoms with Crippen molar-refractivity contribution in [2.45, 2.75) is 43.2 Å². The molecule has 0 aromatic carbocycles. The first-order chi connectivity index (χ1) is 12.5. The fraction of sp³-hybridized carbons (Fsp3) is 0.500. The van der Waals surface area contributed by atoms with Gasteiger partial charge in [0.1, 0.15) is 10.9 Å². The smallest absolute Gasteiger partial charge is 0.249 e. The minimum atomic E-state index is -3.69. The first kappa shape index (κ1) is 17.1. The Morgan fingerprint density at radius 1 is 1.31 bits per heavy atom. The van der Waals surface area contributed by atoms with Crippen molar-refractivity contribution < 1.29 is 17.7 Å². The average molecular weight is 377 g/mol. The van der Waals surface area contributed by atoms with Crippen molar-refractivity contribution in [3.8, 4) is 0 Å². The molecule has 1 N–H and O–H groups in total. The van der Waals surface area contributed by atoms with E-state index in [1.165, 1.54) is 18.5 Å². The number of carbonyl (C=O) groups is 1. The Bertz CT molecular complexity index is 894. The van der Waals surface area contributed by atoms with Gasteiger partial charge in [0.25, 0.3) is 0 Å². The fourth-order valence-electron chi connectivity index (χ4n) is 3.02. The molecular formula is C16H19N5O4S. The molecule has 2 aliphatic rings. The summed E-state index contributed by atoms with van der Waals surface area (Å²) in [6.07, 6.45) is 6.20. The number of pyridine rings is 1. The maximum Gasteiger partial charge on any atom is 0.249 e. The van der Waals surface area contributed by atoms with Crippen LogP contribution in [-0.4, -0.2) is 40.9 Å². The van der Waals surface area contributed by atoms with E-state index in [0.29, 0.717) is 24.7 Å². The van der Waals surface area contributed by atoms with Crippen LogP contribution in [0.15, 0.2) is 33.9 Å². The van der Waals surface area contributed by atoms with Gasteiger partial charge < -0.3 is 9.42 Å². The van der Waals surface area contributed by atoms with Crippen molar-refractivity contribution in [1.82, 2.24) is 24.7 Å². The van der Waals surface area contributed by atoms with Gasteiger partial charge in [-0.25, -0.2) is 13.1 Å². The zero-order valence-corrected chi connectivity index (χ0v) is 14.9. The lowest BCUT2D eigenvalue weighted by Crippen LogP contribution is -2.30. The van der Waals surface area contributed by atoms with E-state index in [0.717, 1.165) is 19.4 Å². The van der Waals surface area contributed by atoms with Crippen LogP contribution in [-0.2, 0) is 21.4 Å². The van der Waals surface area contributed by atoms with Gasteiger partial charge in [-0.2, -0.15) is 4.98 Å². The Kier molecular flexibility index (Phi) is 4.45. The van der Waals surface area contributed by atoms with E-state index < -0.39 is 10.0 Å². The summed E-state index contributed by atoms with van der Waals surface area (Å²) in [6.45, 7) is 0.638. The summed E-state index contributed by atoms with van der Waals surface area (Å²) in [5.74, 6) is 1.29. The summed E-state index contributed by atoms with van der Waals surface area (Å²) in [4.78, 5) is 22.1. The Morgan fingerprint density at radius 2 is 2.15 bits per heavy atom. The molecule has 1 aliphatic heterocycles. The highest BCUT2D eigenvalue weighted by Crippen LogP contribution is 2.37. The molecule has 0 unspecified atom stereocenters. The van der Waals surface area contributed by atoms with E-state index in [1.54, 1.807) is 6.07 Å². The van der Waals surface area contributed by atoms with Crippen molar-refractivity contribution in [2.24, 2.45) is 5.92 Å². The fourth-order valence-corrected chi connectivity index (χ4v) is 3.96. The molecule has 4 rings (SSSR count). The van der Waals surface area contributed by atoms with Crippen molar-refractivity contribution in [3.05, 3.63) is 36.2 Å². The van der Waals surface area contributed by atoms with E-state index in [2.05, 4.69) is 19.8 Å². The van der Waals surface area contributed by atoms with Crippen LogP contribution >= 0.6 is 0 Å². The average Bonchev–Trinajstić information content (AvgIpc) is 3.22. The van der Waals surface area contributed by atoms with Gasteiger partial charge in [0.05, 0.1) is 6.54 Å². The lowest BCUT2D eigenvalue weighted by atomic mass is 10.2. The van der Waals surface area contributed by atoms with Gasteiger partial charge in [0, 0.05) is 25.4 Å². The molecule has 2 fully saturated rings. The van der Waals surface area contributed by atoms with E-state index in [9.17, 15) is 13.2 Å². The van der Waals surface area contributed by atoms with Gasteiger partial charge in [-0.1, -0.05) is 5.16 Å². The molecule has 10 heteroatoms. The van der Waals surface area contributed by atoms with E-state index >= 15 is 0 Å². The second-order valence-electron chi connectivity index (χ2n) is 6.61. The van der Waals surface area contributed by atoms with Crippen LogP contribution in [0, 0.1) is 5.92 Å².